The van der Waals surface area contributed by atoms with Crippen LogP contribution >= 0.6 is 11.3 Å². The van der Waals surface area contributed by atoms with E-state index in [9.17, 15) is 0 Å². The Hall–Kier alpha value is -0.450. The number of nitrogens with one attached hydrogen (secondary N) is 1. The maximum absolute atomic E-state index is 5.56. The molecule has 0 saturated heterocycles. The second-order valence-corrected chi connectivity index (χ2v) is 5.47. The number of aryl methyl sites for hydroxylation is 1. The predicted octanol–water partition coefficient (Wildman–Crippen LogP) is 2.15. The van der Waals surface area contributed by atoms with Crippen molar-refractivity contribution in [2.24, 2.45) is 0 Å². The monoisotopic (exact) mass is 240 g/mol. The highest BCUT2D eigenvalue weighted by Crippen LogP contribution is 2.34. The van der Waals surface area contributed by atoms with Crippen LogP contribution in [0.4, 0.5) is 0 Å². The van der Waals surface area contributed by atoms with Gasteiger partial charge < -0.3 is 10.1 Å². The van der Waals surface area contributed by atoms with Crippen LogP contribution in [0, 0.1) is 6.92 Å². The van der Waals surface area contributed by atoms with Gasteiger partial charge in [-0.25, -0.2) is 4.98 Å². The highest BCUT2D eigenvalue weighted by Gasteiger charge is 2.36. The molecule has 0 bridgehead atoms. The quantitative estimate of drug-likeness (QED) is 0.774. The minimum absolute atomic E-state index is 0.142. The van der Waals surface area contributed by atoms with Crippen molar-refractivity contribution in [3.63, 3.8) is 0 Å². The highest BCUT2D eigenvalue weighted by molar-refractivity contribution is 7.09. The molecule has 0 aromatic carbocycles. The molecule has 2 rings (SSSR count). The summed E-state index contributed by atoms with van der Waals surface area (Å²) in [5.41, 5.74) is 3.24. The van der Waals surface area contributed by atoms with E-state index >= 15 is 0 Å². The summed E-state index contributed by atoms with van der Waals surface area (Å²) in [5, 5.41) is 3.50. The Morgan fingerprint density at radius 1 is 1.56 bits per heavy atom. The second-order valence-electron chi connectivity index (χ2n) is 4.53. The average Bonchev–Trinajstić information content (AvgIpc) is 2.62. The third kappa shape index (κ3) is 2.62. The first-order valence-corrected chi connectivity index (χ1v) is 6.78. The summed E-state index contributed by atoms with van der Waals surface area (Å²) < 4.78 is 5.56. The van der Waals surface area contributed by atoms with Crippen molar-refractivity contribution in [3.8, 4) is 0 Å². The molecule has 90 valence electrons. The fourth-order valence-corrected chi connectivity index (χ4v) is 2.89. The number of methoxy groups -OCH3 is 1. The average molecular weight is 240 g/mol. The van der Waals surface area contributed by atoms with E-state index in [2.05, 4.69) is 17.2 Å². The van der Waals surface area contributed by atoms with Gasteiger partial charge in [0.1, 0.15) is 0 Å². The van der Waals surface area contributed by atoms with Crippen LogP contribution < -0.4 is 5.32 Å². The van der Waals surface area contributed by atoms with Gasteiger partial charge in [0.05, 0.1) is 16.8 Å². The zero-order valence-electron chi connectivity index (χ0n) is 10.1. The van der Waals surface area contributed by atoms with E-state index in [-0.39, 0.29) is 5.60 Å². The first-order valence-electron chi connectivity index (χ1n) is 5.91. The molecule has 1 heterocycles. The summed E-state index contributed by atoms with van der Waals surface area (Å²) in [6, 6.07) is 0. The fourth-order valence-electron chi connectivity index (χ4n) is 2.11. The minimum atomic E-state index is 0.142. The van der Waals surface area contributed by atoms with Crippen LogP contribution in [0.5, 0.6) is 0 Å². The Morgan fingerprint density at radius 3 is 2.88 bits per heavy atom. The molecule has 0 unspecified atom stereocenters. The van der Waals surface area contributed by atoms with Crippen LogP contribution in [-0.4, -0.2) is 30.8 Å². The number of rotatable bonds is 6. The second kappa shape index (κ2) is 5.25. The molecular formula is C12H20N2OS. The van der Waals surface area contributed by atoms with E-state index in [1.807, 2.05) is 12.6 Å². The molecule has 0 aliphatic heterocycles. The van der Waals surface area contributed by atoms with E-state index in [0.29, 0.717) is 0 Å². The Labute approximate surface area is 101 Å². The topological polar surface area (TPSA) is 34.1 Å². The molecule has 1 aliphatic carbocycles. The largest absolute Gasteiger partial charge is 0.377 e. The van der Waals surface area contributed by atoms with Crippen molar-refractivity contribution < 1.29 is 4.74 Å². The number of ether oxygens (including phenoxy) is 1. The van der Waals surface area contributed by atoms with Gasteiger partial charge in [-0.15, -0.1) is 11.3 Å². The van der Waals surface area contributed by atoms with E-state index in [1.165, 1.54) is 29.8 Å². The Balaban J connectivity index is 1.67. The molecule has 3 nitrogen and oxygen atoms in total. The molecule has 1 aromatic heterocycles. The van der Waals surface area contributed by atoms with E-state index in [1.54, 1.807) is 11.3 Å². The summed E-state index contributed by atoms with van der Waals surface area (Å²) in [7, 11) is 1.83. The highest BCUT2D eigenvalue weighted by atomic mass is 32.1. The first kappa shape index (κ1) is 12.0. The van der Waals surface area contributed by atoms with Gasteiger partial charge in [-0.05, 0) is 32.6 Å². The lowest BCUT2D eigenvalue weighted by atomic mass is 9.80. The number of hydrogen-bond donors (Lipinski definition) is 1. The molecule has 1 aliphatic rings. The van der Waals surface area contributed by atoms with Crippen molar-refractivity contribution in [2.45, 2.75) is 38.2 Å². The van der Waals surface area contributed by atoms with Crippen molar-refractivity contribution in [1.29, 1.82) is 0 Å². The van der Waals surface area contributed by atoms with Crippen LogP contribution in [-0.2, 0) is 11.2 Å². The summed E-state index contributed by atoms with van der Waals surface area (Å²) in [6.07, 6.45) is 4.80. The Bertz CT molecular complexity index is 328. The lowest BCUT2D eigenvalue weighted by Gasteiger charge is -2.40. The lowest BCUT2D eigenvalue weighted by Crippen LogP contribution is -2.48. The molecule has 0 spiro atoms. The lowest BCUT2D eigenvalue weighted by molar-refractivity contribution is -0.0691. The maximum atomic E-state index is 5.56. The summed E-state index contributed by atoms with van der Waals surface area (Å²) >= 11 is 1.75. The molecule has 0 radical (unpaired) electrons. The molecular weight excluding hydrogens is 220 g/mol. The molecule has 1 aromatic rings. The summed E-state index contributed by atoms with van der Waals surface area (Å²) in [5.74, 6) is 0. The third-order valence-electron chi connectivity index (χ3n) is 3.52. The SMILES string of the molecule is COC1(CNCCc2scnc2C)CCC1. The zero-order valence-corrected chi connectivity index (χ0v) is 10.9. The summed E-state index contributed by atoms with van der Waals surface area (Å²) in [4.78, 5) is 5.65. The van der Waals surface area contributed by atoms with Crippen molar-refractivity contribution in [1.82, 2.24) is 10.3 Å². The van der Waals surface area contributed by atoms with Gasteiger partial charge in [-0.1, -0.05) is 0 Å². The zero-order chi connectivity index (χ0) is 11.4. The third-order valence-corrected chi connectivity index (χ3v) is 4.51. The van der Waals surface area contributed by atoms with Gasteiger partial charge in [0.15, 0.2) is 0 Å². The van der Waals surface area contributed by atoms with Crippen LogP contribution in [0.2, 0.25) is 0 Å². The molecule has 0 amide bonds. The first-order chi connectivity index (χ1) is 7.76. The summed E-state index contributed by atoms with van der Waals surface area (Å²) in [6.45, 7) is 4.09. The smallest absolute Gasteiger partial charge is 0.0802 e. The predicted molar refractivity (Wildman–Crippen MR) is 67.0 cm³/mol. The van der Waals surface area contributed by atoms with Gasteiger partial charge in [0, 0.05) is 25.1 Å². The van der Waals surface area contributed by atoms with Gasteiger partial charge in [0.2, 0.25) is 0 Å². The normalized spacial score (nSPS) is 18.4. The van der Waals surface area contributed by atoms with Crippen molar-refractivity contribution >= 4 is 11.3 Å². The van der Waals surface area contributed by atoms with E-state index in [4.69, 9.17) is 4.74 Å². The van der Waals surface area contributed by atoms with Gasteiger partial charge in [0.25, 0.3) is 0 Å². The van der Waals surface area contributed by atoms with E-state index < -0.39 is 0 Å². The van der Waals surface area contributed by atoms with Crippen LogP contribution in [0.25, 0.3) is 0 Å². The van der Waals surface area contributed by atoms with Crippen LogP contribution in [0.3, 0.4) is 0 Å². The number of nitrogens with zero attached hydrogens (tertiary/aromatic N) is 1. The molecule has 1 N–H and O–H groups in total. The maximum Gasteiger partial charge on any atom is 0.0802 e. The molecule has 0 atom stereocenters. The van der Waals surface area contributed by atoms with E-state index in [0.717, 1.165) is 19.5 Å². The number of hydrogen-bond acceptors (Lipinski definition) is 4. The standard InChI is InChI=1S/C12H20N2OS/c1-10-11(16-9-14-10)4-7-13-8-12(15-2)5-3-6-12/h9,13H,3-8H2,1-2H3. The van der Waals surface area contributed by atoms with Crippen molar-refractivity contribution in [2.75, 3.05) is 20.2 Å². The fraction of sp³-hybridized carbons (Fsp3) is 0.750. The van der Waals surface area contributed by atoms with Gasteiger partial charge in [-0.2, -0.15) is 0 Å². The van der Waals surface area contributed by atoms with Crippen LogP contribution in [0.1, 0.15) is 29.8 Å². The van der Waals surface area contributed by atoms with Gasteiger partial charge in [-0.3, -0.25) is 0 Å². The molecule has 1 saturated carbocycles. The van der Waals surface area contributed by atoms with Crippen LogP contribution in [0.15, 0.2) is 5.51 Å². The Kier molecular flexibility index (Phi) is 3.95. The molecule has 1 fully saturated rings. The Morgan fingerprint density at radius 2 is 2.38 bits per heavy atom. The van der Waals surface area contributed by atoms with Gasteiger partial charge >= 0.3 is 0 Å². The minimum Gasteiger partial charge on any atom is -0.377 e. The molecule has 4 heteroatoms. The molecule has 16 heavy (non-hydrogen) atoms. The van der Waals surface area contributed by atoms with Crippen molar-refractivity contribution in [3.05, 3.63) is 16.1 Å². The number of aromatic nitrogens is 1. The number of thiazole rings is 1.